The van der Waals surface area contributed by atoms with Crippen LogP contribution in [0.15, 0.2) is 17.1 Å². The number of rotatable bonds is 9. The van der Waals surface area contributed by atoms with Gasteiger partial charge in [-0.15, -0.1) is 11.3 Å². The summed E-state index contributed by atoms with van der Waals surface area (Å²) in [5.41, 5.74) is 1.31. The summed E-state index contributed by atoms with van der Waals surface area (Å²) in [6.45, 7) is 4.15. The smallest absolute Gasteiger partial charge is 0.221 e. The first kappa shape index (κ1) is 20.6. The molecule has 0 fully saturated rings. The monoisotopic (exact) mass is 394 g/mol. The number of amides is 1. The number of aliphatic hydroxyl groups is 1. The SMILES string of the molecule is CCCC(=O)c1c(NC(C)=O)sc2c(Cl)c(C=NCCCCO)ccc12. The number of Topliss-reactive ketones (excluding diaryl/α,β-unsaturated/α-hetero) is 1. The normalized spacial score (nSPS) is 11.4. The fraction of sp³-hybridized carbons (Fsp3) is 0.421. The van der Waals surface area contributed by atoms with Crippen molar-refractivity contribution >= 4 is 55.9 Å². The molecule has 0 saturated carbocycles. The Bertz CT molecular complexity index is 830. The van der Waals surface area contributed by atoms with Crippen molar-refractivity contribution in [1.82, 2.24) is 0 Å². The summed E-state index contributed by atoms with van der Waals surface area (Å²) in [7, 11) is 0. The minimum absolute atomic E-state index is 0.00369. The van der Waals surface area contributed by atoms with Crippen LogP contribution < -0.4 is 5.32 Å². The van der Waals surface area contributed by atoms with Crippen molar-refractivity contribution in [3.8, 4) is 0 Å². The second-order valence-electron chi connectivity index (χ2n) is 5.97. The molecule has 0 aliphatic carbocycles. The highest BCUT2D eigenvalue weighted by Crippen LogP contribution is 2.41. The van der Waals surface area contributed by atoms with Crippen molar-refractivity contribution in [2.24, 2.45) is 4.99 Å². The minimum Gasteiger partial charge on any atom is -0.396 e. The van der Waals surface area contributed by atoms with Gasteiger partial charge in [-0.1, -0.05) is 30.7 Å². The number of ketones is 1. The molecule has 1 amide bonds. The number of nitrogens with zero attached hydrogens (tertiary/aromatic N) is 1. The average Bonchev–Trinajstić information content (AvgIpc) is 2.95. The van der Waals surface area contributed by atoms with E-state index in [0.29, 0.717) is 28.6 Å². The van der Waals surface area contributed by atoms with E-state index in [1.165, 1.54) is 18.3 Å². The molecule has 0 atom stereocenters. The van der Waals surface area contributed by atoms with E-state index in [4.69, 9.17) is 16.7 Å². The third kappa shape index (κ3) is 4.90. The highest BCUT2D eigenvalue weighted by atomic mass is 35.5. The van der Waals surface area contributed by atoms with Crippen molar-refractivity contribution in [1.29, 1.82) is 0 Å². The zero-order chi connectivity index (χ0) is 19.1. The molecular weight excluding hydrogens is 372 g/mol. The molecule has 1 aromatic carbocycles. The number of carbonyl (C=O) groups is 2. The molecule has 0 saturated heterocycles. The first-order chi connectivity index (χ1) is 12.5. The summed E-state index contributed by atoms with van der Waals surface area (Å²) in [6.07, 6.45) is 4.41. The largest absolute Gasteiger partial charge is 0.396 e. The summed E-state index contributed by atoms with van der Waals surface area (Å²) in [6, 6.07) is 3.70. The quantitative estimate of drug-likeness (QED) is 0.368. The molecule has 7 heteroatoms. The molecule has 26 heavy (non-hydrogen) atoms. The summed E-state index contributed by atoms with van der Waals surface area (Å²) in [5.74, 6) is -0.215. The Balaban J connectivity index is 2.43. The summed E-state index contributed by atoms with van der Waals surface area (Å²) >= 11 is 7.86. The van der Waals surface area contributed by atoms with Gasteiger partial charge in [0, 0.05) is 43.7 Å². The summed E-state index contributed by atoms with van der Waals surface area (Å²) < 4.78 is 0.772. The first-order valence-electron chi connectivity index (χ1n) is 8.66. The van der Waals surface area contributed by atoms with Gasteiger partial charge in [0.2, 0.25) is 5.91 Å². The molecule has 140 valence electrons. The molecule has 1 aromatic heterocycles. The number of fused-ring (bicyclic) bond motifs is 1. The fourth-order valence-corrected chi connectivity index (χ4v) is 4.14. The van der Waals surface area contributed by atoms with Crippen LogP contribution in [-0.4, -0.2) is 36.2 Å². The lowest BCUT2D eigenvalue weighted by Crippen LogP contribution is -2.08. The van der Waals surface area contributed by atoms with Crippen LogP contribution in [0.4, 0.5) is 5.00 Å². The van der Waals surface area contributed by atoms with E-state index in [9.17, 15) is 9.59 Å². The molecule has 0 spiro atoms. The summed E-state index contributed by atoms with van der Waals surface area (Å²) in [5, 5.41) is 13.4. The van der Waals surface area contributed by atoms with Crippen LogP contribution >= 0.6 is 22.9 Å². The zero-order valence-corrected chi connectivity index (χ0v) is 16.5. The number of halogens is 1. The fourth-order valence-electron chi connectivity index (χ4n) is 2.60. The Morgan fingerprint density at radius 1 is 1.35 bits per heavy atom. The molecule has 1 heterocycles. The van der Waals surface area contributed by atoms with Crippen LogP contribution in [0.1, 0.15) is 55.5 Å². The van der Waals surface area contributed by atoms with Gasteiger partial charge < -0.3 is 10.4 Å². The molecular formula is C19H23ClN2O3S. The van der Waals surface area contributed by atoms with Crippen LogP contribution in [0.5, 0.6) is 0 Å². The maximum Gasteiger partial charge on any atom is 0.221 e. The minimum atomic E-state index is -0.219. The second kappa shape index (κ2) is 9.80. The Hall–Kier alpha value is -1.76. The number of benzene rings is 1. The van der Waals surface area contributed by atoms with Gasteiger partial charge in [0.05, 0.1) is 15.3 Å². The van der Waals surface area contributed by atoms with Gasteiger partial charge in [0.1, 0.15) is 5.00 Å². The van der Waals surface area contributed by atoms with Crippen LogP contribution in [-0.2, 0) is 4.79 Å². The van der Waals surface area contributed by atoms with Gasteiger partial charge in [-0.2, -0.15) is 0 Å². The number of nitrogens with one attached hydrogen (secondary N) is 1. The number of aliphatic hydroxyl groups excluding tert-OH is 1. The summed E-state index contributed by atoms with van der Waals surface area (Å²) in [4.78, 5) is 28.4. The first-order valence-corrected chi connectivity index (χ1v) is 9.85. The van der Waals surface area contributed by atoms with E-state index >= 15 is 0 Å². The van der Waals surface area contributed by atoms with Crippen LogP contribution in [0.3, 0.4) is 0 Å². The van der Waals surface area contributed by atoms with Crippen molar-refractivity contribution in [3.63, 3.8) is 0 Å². The lowest BCUT2D eigenvalue weighted by Gasteiger charge is -2.04. The number of hydrogen-bond acceptors (Lipinski definition) is 5. The van der Waals surface area contributed by atoms with Crippen molar-refractivity contribution in [2.75, 3.05) is 18.5 Å². The maximum atomic E-state index is 12.6. The maximum absolute atomic E-state index is 12.6. The number of aliphatic imine (C=N–C) groups is 1. The van der Waals surface area contributed by atoms with Gasteiger partial charge in [-0.25, -0.2) is 0 Å². The zero-order valence-electron chi connectivity index (χ0n) is 15.0. The number of anilines is 1. The average molecular weight is 395 g/mol. The van der Waals surface area contributed by atoms with Crippen molar-refractivity contribution < 1.29 is 14.7 Å². The highest BCUT2D eigenvalue weighted by Gasteiger charge is 2.21. The van der Waals surface area contributed by atoms with Gasteiger partial charge in [0.25, 0.3) is 0 Å². The molecule has 5 nitrogen and oxygen atoms in total. The van der Waals surface area contributed by atoms with E-state index in [1.807, 2.05) is 19.1 Å². The van der Waals surface area contributed by atoms with E-state index in [2.05, 4.69) is 10.3 Å². The molecule has 2 rings (SSSR count). The third-order valence-electron chi connectivity index (χ3n) is 3.80. The Morgan fingerprint density at radius 2 is 2.12 bits per heavy atom. The second-order valence-corrected chi connectivity index (χ2v) is 7.37. The van der Waals surface area contributed by atoms with Crippen LogP contribution in [0.25, 0.3) is 10.1 Å². The Labute approximate surface area is 162 Å². The standard InChI is InChI=1S/C19H23ClN2O3S/c1-3-6-15(25)16-14-8-7-13(11-21-9-4-5-10-23)17(20)18(14)26-19(16)22-12(2)24/h7-8,11,23H,3-6,9-10H2,1-2H3,(H,22,24). The molecule has 0 aliphatic rings. The molecule has 0 radical (unpaired) electrons. The molecule has 0 bridgehead atoms. The Morgan fingerprint density at radius 3 is 2.77 bits per heavy atom. The molecule has 0 unspecified atom stereocenters. The topological polar surface area (TPSA) is 78.8 Å². The number of thiophene rings is 1. The van der Waals surface area contributed by atoms with Gasteiger partial charge in [0.15, 0.2) is 5.78 Å². The van der Waals surface area contributed by atoms with E-state index in [1.54, 1.807) is 6.21 Å². The van der Waals surface area contributed by atoms with Crippen molar-refractivity contribution in [3.05, 3.63) is 28.3 Å². The third-order valence-corrected chi connectivity index (χ3v) is 5.46. The molecule has 2 N–H and O–H groups in total. The van der Waals surface area contributed by atoms with Crippen LogP contribution in [0, 0.1) is 0 Å². The molecule has 0 aliphatic heterocycles. The van der Waals surface area contributed by atoms with E-state index in [0.717, 1.165) is 34.9 Å². The van der Waals surface area contributed by atoms with E-state index in [-0.39, 0.29) is 18.3 Å². The van der Waals surface area contributed by atoms with Gasteiger partial charge in [-0.3, -0.25) is 14.6 Å². The number of carbonyl (C=O) groups excluding carboxylic acids is 2. The number of unbranched alkanes of at least 4 members (excludes halogenated alkanes) is 1. The Kier molecular flexibility index (Phi) is 7.75. The van der Waals surface area contributed by atoms with Crippen molar-refractivity contribution in [2.45, 2.75) is 39.5 Å². The van der Waals surface area contributed by atoms with Crippen LogP contribution in [0.2, 0.25) is 5.02 Å². The lowest BCUT2D eigenvalue weighted by atomic mass is 10.0. The lowest BCUT2D eigenvalue weighted by molar-refractivity contribution is -0.114. The molecule has 2 aromatic rings. The van der Waals surface area contributed by atoms with Gasteiger partial charge in [-0.05, 0) is 19.3 Å². The predicted octanol–water partition coefficient (Wildman–Crippen LogP) is 4.69. The van der Waals surface area contributed by atoms with E-state index < -0.39 is 0 Å². The highest BCUT2D eigenvalue weighted by molar-refractivity contribution is 7.24. The van der Waals surface area contributed by atoms with Gasteiger partial charge >= 0.3 is 0 Å². The number of hydrogen-bond donors (Lipinski definition) is 2. The predicted molar refractivity (Wildman–Crippen MR) is 109 cm³/mol.